The number of benzene rings is 2. The van der Waals surface area contributed by atoms with Gasteiger partial charge >= 0.3 is 0 Å². The zero-order chi connectivity index (χ0) is 22.5. The summed E-state index contributed by atoms with van der Waals surface area (Å²) in [4.78, 5) is 37.3. The van der Waals surface area contributed by atoms with E-state index in [1.807, 2.05) is 0 Å². The molecule has 0 unspecified atom stereocenters. The van der Waals surface area contributed by atoms with E-state index in [1.54, 1.807) is 31.2 Å². The number of rotatable bonds is 8. The molecule has 7 nitrogen and oxygen atoms in total. The van der Waals surface area contributed by atoms with E-state index in [1.165, 1.54) is 12.1 Å². The summed E-state index contributed by atoms with van der Waals surface area (Å²) in [6.45, 7) is 1.78. The second kappa shape index (κ2) is 9.84. The number of thioether (sulfide) groups is 1. The van der Waals surface area contributed by atoms with Crippen molar-refractivity contribution < 1.29 is 28.2 Å². The summed E-state index contributed by atoms with van der Waals surface area (Å²) >= 11 is 6.80. The molecule has 10 heteroatoms. The van der Waals surface area contributed by atoms with Crippen molar-refractivity contribution in [3.63, 3.8) is 0 Å². The predicted molar refractivity (Wildman–Crippen MR) is 115 cm³/mol. The summed E-state index contributed by atoms with van der Waals surface area (Å²) in [5.74, 6) is -0.910. The molecule has 0 atom stereocenters. The second-order valence-corrected chi connectivity index (χ2v) is 7.80. The molecule has 1 fully saturated rings. The number of amides is 3. The van der Waals surface area contributed by atoms with Crippen molar-refractivity contribution in [3.05, 3.63) is 63.3 Å². The van der Waals surface area contributed by atoms with Crippen LogP contribution in [0, 0.1) is 5.82 Å². The van der Waals surface area contributed by atoms with Gasteiger partial charge in [0, 0.05) is 5.02 Å². The van der Waals surface area contributed by atoms with Crippen molar-refractivity contribution >= 4 is 46.5 Å². The van der Waals surface area contributed by atoms with E-state index < -0.39 is 22.9 Å². The van der Waals surface area contributed by atoms with Gasteiger partial charge in [-0.1, -0.05) is 23.7 Å². The summed E-state index contributed by atoms with van der Waals surface area (Å²) < 4.78 is 24.1. The smallest absolute Gasteiger partial charge is 0.293 e. The highest BCUT2D eigenvalue weighted by Crippen LogP contribution is 2.36. The lowest BCUT2D eigenvalue weighted by Gasteiger charge is -2.13. The Morgan fingerprint density at radius 1 is 1.19 bits per heavy atom. The van der Waals surface area contributed by atoms with Crippen LogP contribution < -0.4 is 15.2 Å². The van der Waals surface area contributed by atoms with E-state index in [2.05, 4.69) is 0 Å². The maximum atomic E-state index is 13.2. The highest BCUT2D eigenvalue weighted by atomic mass is 35.5. The Bertz CT molecular complexity index is 1080. The lowest BCUT2D eigenvalue weighted by atomic mass is 10.1. The Hall–Kier alpha value is -3.04. The van der Waals surface area contributed by atoms with Gasteiger partial charge in [-0.15, -0.1) is 0 Å². The lowest BCUT2D eigenvalue weighted by molar-refractivity contribution is -0.123. The predicted octanol–water partition coefficient (Wildman–Crippen LogP) is 3.98. The van der Waals surface area contributed by atoms with Crippen molar-refractivity contribution in [3.8, 4) is 11.5 Å². The standard InChI is InChI=1S/C21H18ClFN2O5S/c1-2-29-17-7-12(3-6-16(17)30-11-19(24)26)8-18-20(27)25(21(28)31-18)10-13-4-5-14(23)9-15(13)22/h3-9H,2,10-11H2,1H3,(H2,24,26)/b18-8-. The van der Waals surface area contributed by atoms with Crippen molar-refractivity contribution in [2.24, 2.45) is 5.73 Å². The molecule has 2 N–H and O–H groups in total. The highest BCUT2D eigenvalue weighted by molar-refractivity contribution is 8.18. The van der Waals surface area contributed by atoms with Crippen LogP contribution in [0.25, 0.3) is 6.08 Å². The second-order valence-electron chi connectivity index (χ2n) is 6.40. The third-order valence-corrected chi connectivity index (χ3v) is 5.41. The number of nitrogens with zero attached hydrogens (tertiary/aromatic N) is 1. The van der Waals surface area contributed by atoms with Crippen LogP contribution in [0.1, 0.15) is 18.1 Å². The lowest BCUT2D eigenvalue weighted by Crippen LogP contribution is -2.27. The summed E-state index contributed by atoms with van der Waals surface area (Å²) in [5.41, 5.74) is 6.16. The molecule has 2 aromatic rings. The van der Waals surface area contributed by atoms with Crippen molar-refractivity contribution in [1.82, 2.24) is 4.90 Å². The molecule has 1 saturated heterocycles. The number of primary amides is 1. The van der Waals surface area contributed by atoms with Crippen molar-refractivity contribution in [2.75, 3.05) is 13.2 Å². The Balaban J connectivity index is 1.81. The van der Waals surface area contributed by atoms with E-state index in [0.29, 0.717) is 29.2 Å². The average molecular weight is 465 g/mol. The minimum atomic E-state index is -0.624. The van der Waals surface area contributed by atoms with Gasteiger partial charge in [0.1, 0.15) is 5.82 Å². The number of imide groups is 1. The minimum Gasteiger partial charge on any atom is -0.490 e. The Morgan fingerprint density at radius 3 is 2.65 bits per heavy atom. The van der Waals surface area contributed by atoms with Crippen molar-refractivity contribution in [1.29, 1.82) is 0 Å². The molecule has 162 valence electrons. The molecule has 0 aromatic heterocycles. The normalized spacial score (nSPS) is 14.9. The SMILES string of the molecule is CCOc1cc(/C=C2\SC(=O)N(Cc3ccc(F)cc3Cl)C2=O)ccc1OCC(N)=O. The van der Waals surface area contributed by atoms with Crippen LogP contribution in [0.15, 0.2) is 41.3 Å². The van der Waals surface area contributed by atoms with Gasteiger partial charge in [0.15, 0.2) is 18.1 Å². The summed E-state index contributed by atoms with van der Waals surface area (Å²) in [6, 6.07) is 8.65. The van der Waals surface area contributed by atoms with Crippen LogP contribution in [0.5, 0.6) is 11.5 Å². The van der Waals surface area contributed by atoms with Gasteiger partial charge in [0.2, 0.25) is 0 Å². The maximum absolute atomic E-state index is 13.2. The van der Waals surface area contributed by atoms with Crippen LogP contribution in [-0.2, 0) is 16.1 Å². The average Bonchev–Trinajstić information content (AvgIpc) is 2.96. The summed E-state index contributed by atoms with van der Waals surface area (Å²) in [6.07, 6.45) is 1.55. The number of carbonyl (C=O) groups excluding carboxylic acids is 3. The van der Waals surface area contributed by atoms with Gasteiger partial charge in [-0.2, -0.15) is 0 Å². The first-order valence-electron chi connectivity index (χ1n) is 9.15. The number of carbonyl (C=O) groups is 3. The number of nitrogens with two attached hydrogens (primary N) is 1. The number of hydrogen-bond donors (Lipinski definition) is 1. The van der Waals surface area contributed by atoms with Crippen LogP contribution in [0.3, 0.4) is 0 Å². The first kappa shape index (κ1) is 22.6. The van der Waals surface area contributed by atoms with Gasteiger partial charge in [-0.05, 0) is 60.2 Å². The fraction of sp³-hybridized carbons (Fsp3) is 0.190. The van der Waals surface area contributed by atoms with E-state index in [-0.39, 0.29) is 23.1 Å². The molecule has 0 saturated carbocycles. The van der Waals surface area contributed by atoms with E-state index in [9.17, 15) is 18.8 Å². The molecule has 0 spiro atoms. The number of ether oxygens (including phenoxy) is 2. The number of halogens is 2. The maximum Gasteiger partial charge on any atom is 0.293 e. The zero-order valence-corrected chi connectivity index (χ0v) is 18.0. The zero-order valence-electron chi connectivity index (χ0n) is 16.4. The fourth-order valence-electron chi connectivity index (χ4n) is 2.76. The largest absolute Gasteiger partial charge is 0.490 e. The van der Waals surface area contributed by atoms with Gasteiger partial charge in [0.25, 0.3) is 17.1 Å². The Morgan fingerprint density at radius 2 is 1.97 bits per heavy atom. The third-order valence-electron chi connectivity index (χ3n) is 4.15. The molecular formula is C21H18ClFN2O5S. The van der Waals surface area contributed by atoms with Gasteiger partial charge < -0.3 is 15.2 Å². The molecule has 1 aliphatic heterocycles. The third kappa shape index (κ3) is 5.56. The quantitative estimate of drug-likeness (QED) is 0.593. The van der Waals surface area contributed by atoms with E-state index in [0.717, 1.165) is 22.7 Å². The van der Waals surface area contributed by atoms with E-state index >= 15 is 0 Å². The highest BCUT2D eigenvalue weighted by Gasteiger charge is 2.35. The molecule has 0 radical (unpaired) electrons. The molecule has 31 heavy (non-hydrogen) atoms. The minimum absolute atomic E-state index is 0.0643. The molecular weight excluding hydrogens is 447 g/mol. The first-order valence-corrected chi connectivity index (χ1v) is 10.3. The van der Waals surface area contributed by atoms with Crippen LogP contribution >= 0.6 is 23.4 Å². The van der Waals surface area contributed by atoms with Crippen LogP contribution in [0.2, 0.25) is 5.02 Å². The molecule has 1 heterocycles. The Labute approximate surface area is 186 Å². The first-order chi connectivity index (χ1) is 14.8. The monoisotopic (exact) mass is 464 g/mol. The molecule has 0 aliphatic carbocycles. The fourth-order valence-corrected chi connectivity index (χ4v) is 3.82. The van der Waals surface area contributed by atoms with Gasteiger partial charge in [0.05, 0.1) is 18.1 Å². The molecule has 1 aliphatic rings. The van der Waals surface area contributed by atoms with E-state index in [4.69, 9.17) is 26.8 Å². The Kier molecular flexibility index (Phi) is 7.19. The topological polar surface area (TPSA) is 98.9 Å². The van der Waals surface area contributed by atoms with Crippen LogP contribution in [0.4, 0.5) is 9.18 Å². The molecule has 0 bridgehead atoms. The summed E-state index contributed by atoms with van der Waals surface area (Å²) in [5, 5.41) is -0.320. The van der Waals surface area contributed by atoms with Gasteiger partial charge in [-0.25, -0.2) is 4.39 Å². The van der Waals surface area contributed by atoms with Crippen molar-refractivity contribution in [2.45, 2.75) is 13.5 Å². The molecule has 3 rings (SSSR count). The molecule has 3 amide bonds. The molecule has 2 aromatic carbocycles. The van der Waals surface area contributed by atoms with Crippen LogP contribution in [-0.4, -0.2) is 35.2 Å². The van der Waals surface area contributed by atoms with Gasteiger partial charge in [-0.3, -0.25) is 19.3 Å². The summed E-state index contributed by atoms with van der Waals surface area (Å²) in [7, 11) is 0. The number of hydrogen-bond acceptors (Lipinski definition) is 6.